The zero-order valence-corrected chi connectivity index (χ0v) is 15.0. The third-order valence-corrected chi connectivity index (χ3v) is 4.98. The van der Waals surface area contributed by atoms with E-state index in [1.54, 1.807) is 12.3 Å². The largest absolute Gasteiger partial charge is 0.356 e. The van der Waals surface area contributed by atoms with Gasteiger partial charge in [-0.1, -0.05) is 29.8 Å². The van der Waals surface area contributed by atoms with E-state index in [9.17, 15) is 9.59 Å². The first-order valence-electron chi connectivity index (χ1n) is 8.52. The van der Waals surface area contributed by atoms with Crippen LogP contribution in [0.2, 0.25) is 5.02 Å². The zero-order valence-electron chi connectivity index (χ0n) is 14.2. The monoisotopic (exact) mass is 359 g/mol. The van der Waals surface area contributed by atoms with Crippen LogP contribution in [0.3, 0.4) is 0 Å². The van der Waals surface area contributed by atoms with E-state index in [0.717, 1.165) is 31.5 Å². The van der Waals surface area contributed by atoms with E-state index in [4.69, 9.17) is 11.6 Å². The number of ketones is 1. The van der Waals surface area contributed by atoms with Crippen molar-refractivity contribution in [3.8, 4) is 0 Å². The molecule has 132 valence electrons. The summed E-state index contributed by atoms with van der Waals surface area (Å²) in [6.07, 6.45) is 3.88. The maximum atomic E-state index is 12.4. The molecule has 1 fully saturated rings. The Hall–Kier alpha value is -2.11. The van der Waals surface area contributed by atoms with Crippen LogP contribution in [0.25, 0.3) is 0 Å². The molecule has 2 N–H and O–H groups in total. The second-order valence-electron chi connectivity index (χ2n) is 6.35. The number of nitrogens with one attached hydrogen (secondary N) is 2. The van der Waals surface area contributed by atoms with E-state index in [1.165, 1.54) is 6.92 Å². The average Bonchev–Trinajstić information content (AvgIpc) is 3.28. The molecular weight excluding hydrogens is 338 g/mol. The van der Waals surface area contributed by atoms with Gasteiger partial charge in [0.1, 0.15) is 5.69 Å². The van der Waals surface area contributed by atoms with Crippen LogP contribution in [0.4, 0.5) is 0 Å². The number of amides is 1. The summed E-state index contributed by atoms with van der Waals surface area (Å²) in [4.78, 5) is 29.0. The second-order valence-corrected chi connectivity index (χ2v) is 6.76. The summed E-state index contributed by atoms with van der Waals surface area (Å²) in [7, 11) is 0. The molecule has 1 atom stereocenters. The lowest BCUT2D eigenvalue weighted by Crippen LogP contribution is -2.37. The van der Waals surface area contributed by atoms with Crippen molar-refractivity contribution in [3.05, 3.63) is 58.4 Å². The lowest BCUT2D eigenvalue weighted by Gasteiger charge is -2.28. The van der Waals surface area contributed by atoms with Gasteiger partial charge in [-0.2, -0.15) is 0 Å². The van der Waals surface area contributed by atoms with Gasteiger partial charge in [-0.15, -0.1) is 0 Å². The summed E-state index contributed by atoms with van der Waals surface area (Å²) in [5.41, 5.74) is 1.93. The Morgan fingerprint density at radius 1 is 1.28 bits per heavy atom. The highest BCUT2D eigenvalue weighted by Crippen LogP contribution is 2.29. The topological polar surface area (TPSA) is 65.2 Å². The summed E-state index contributed by atoms with van der Waals surface area (Å²) < 4.78 is 0. The Kier molecular flexibility index (Phi) is 5.56. The lowest BCUT2D eigenvalue weighted by molar-refractivity contribution is 0.0933. The minimum absolute atomic E-state index is 0.0439. The quantitative estimate of drug-likeness (QED) is 0.776. The molecule has 0 radical (unpaired) electrons. The number of rotatable bonds is 6. The van der Waals surface area contributed by atoms with Gasteiger partial charge in [0.2, 0.25) is 0 Å². The van der Waals surface area contributed by atoms with Crippen molar-refractivity contribution >= 4 is 23.3 Å². The number of halogens is 1. The molecule has 1 saturated heterocycles. The summed E-state index contributed by atoms with van der Waals surface area (Å²) in [5.74, 6) is -0.287. The maximum absolute atomic E-state index is 12.4. The number of carbonyl (C=O) groups excluding carboxylic acids is 2. The molecule has 6 heteroatoms. The molecule has 1 amide bonds. The van der Waals surface area contributed by atoms with Crippen molar-refractivity contribution < 1.29 is 9.59 Å². The molecule has 0 spiro atoms. The third-order valence-electron chi connectivity index (χ3n) is 4.64. The van der Waals surface area contributed by atoms with Gasteiger partial charge in [0, 0.05) is 23.3 Å². The predicted octanol–water partition coefficient (Wildman–Crippen LogP) is 3.44. The van der Waals surface area contributed by atoms with Gasteiger partial charge in [-0.05, 0) is 50.6 Å². The molecule has 2 aromatic rings. The second kappa shape index (κ2) is 7.85. The van der Waals surface area contributed by atoms with Crippen LogP contribution in [-0.4, -0.2) is 41.2 Å². The SMILES string of the molecule is CC(=O)c1c[nH]c(C(=O)NCC(c2ccccc2Cl)N2CCCC2)c1. The van der Waals surface area contributed by atoms with Crippen molar-refractivity contribution in [1.29, 1.82) is 0 Å². The number of H-pyrrole nitrogens is 1. The van der Waals surface area contributed by atoms with Gasteiger partial charge < -0.3 is 10.3 Å². The van der Waals surface area contributed by atoms with Crippen molar-refractivity contribution in [2.24, 2.45) is 0 Å². The molecule has 0 saturated carbocycles. The molecule has 1 aromatic heterocycles. The highest BCUT2D eigenvalue weighted by Gasteiger charge is 2.25. The van der Waals surface area contributed by atoms with Crippen LogP contribution in [0, 0.1) is 0 Å². The number of Topliss-reactive ketones (excluding diaryl/α,β-unsaturated/α-hetero) is 1. The fourth-order valence-corrected chi connectivity index (χ4v) is 3.51. The summed E-state index contributed by atoms with van der Waals surface area (Å²) in [6.45, 7) is 3.95. The Morgan fingerprint density at radius 3 is 2.64 bits per heavy atom. The highest BCUT2D eigenvalue weighted by molar-refractivity contribution is 6.31. The van der Waals surface area contributed by atoms with Crippen LogP contribution < -0.4 is 5.32 Å². The first kappa shape index (κ1) is 17.7. The molecular formula is C19H22ClN3O2. The summed E-state index contributed by atoms with van der Waals surface area (Å²) >= 11 is 6.38. The smallest absolute Gasteiger partial charge is 0.267 e. The zero-order chi connectivity index (χ0) is 17.8. The van der Waals surface area contributed by atoms with Crippen LogP contribution in [-0.2, 0) is 0 Å². The number of hydrogen-bond acceptors (Lipinski definition) is 3. The molecule has 25 heavy (non-hydrogen) atoms. The predicted molar refractivity (Wildman–Crippen MR) is 98.1 cm³/mol. The minimum atomic E-state index is -0.219. The normalized spacial score (nSPS) is 15.9. The number of nitrogens with zero attached hydrogens (tertiary/aromatic N) is 1. The first-order chi connectivity index (χ1) is 12.1. The number of aromatic nitrogens is 1. The molecule has 1 aromatic carbocycles. The Bertz CT molecular complexity index is 766. The minimum Gasteiger partial charge on any atom is -0.356 e. The number of benzene rings is 1. The molecule has 3 rings (SSSR count). The van der Waals surface area contributed by atoms with E-state index in [1.807, 2.05) is 24.3 Å². The van der Waals surface area contributed by atoms with E-state index < -0.39 is 0 Å². The van der Waals surface area contributed by atoms with Gasteiger partial charge in [0.15, 0.2) is 5.78 Å². The van der Waals surface area contributed by atoms with E-state index in [0.29, 0.717) is 22.8 Å². The Balaban J connectivity index is 1.73. The fraction of sp³-hybridized carbons (Fsp3) is 0.368. The van der Waals surface area contributed by atoms with Crippen molar-refractivity contribution in [3.63, 3.8) is 0 Å². The fourth-order valence-electron chi connectivity index (χ4n) is 3.25. The molecule has 2 heterocycles. The maximum Gasteiger partial charge on any atom is 0.267 e. The van der Waals surface area contributed by atoms with Gasteiger partial charge in [-0.3, -0.25) is 14.5 Å². The van der Waals surface area contributed by atoms with E-state index in [-0.39, 0.29) is 17.7 Å². The van der Waals surface area contributed by atoms with Gasteiger partial charge >= 0.3 is 0 Å². The number of aromatic amines is 1. The first-order valence-corrected chi connectivity index (χ1v) is 8.90. The molecule has 0 aliphatic carbocycles. The van der Waals surface area contributed by atoms with Crippen LogP contribution in [0.15, 0.2) is 36.5 Å². The average molecular weight is 360 g/mol. The number of hydrogen-bond donors (Lipinski definition) is 2. The Labute approximate surface area is 152 Å². The number of carbonyl (C=O) groups is 2. The molecule has 1 aliphatic heterocycles. The molecule has 5 nitrogen and oxygen atoms in total. The van der Waals surface area contributed by atoms with Gasteiger partial charge in [0.25, 0.3) is 5.91 Å². The lowest BCUT2D eigenvalue weighted by atomic mass is 10.1. The van der Waals surface area contributed by atoms with Crippen molar-refractivity contribution in [2.45, 2.75) is 25.8 Å². The van der Waals surface area contributed by atoms with Crippen molar-refractivity contribution in [1.82, 2.24) is 15.2 Å². The van der Waals surface area contributed by atoms with E-state index in [2.05, 4.69) is 15.2 Å². The van der Waals surface area contributed by atoms with Gasteiger partial charge in [-0.25, -0.2) is 0 Å². The van der Waals surface area contributed by atoms with Crippen molar-refractivity contribution in [2.75, 3.05) is 19.6 Å². The van der Waals surface area contributed by atoms with Gasteiger partial charge in [0.05, 0.1) is 6.04 Å². The Morgan fingerprint density at radius 2 is 2.00 bits per heavy atom. The molecule has 0 bridgehead atoms. The summed E-state index contributed by atoms with van der Waals surface area (Å²) in [6, 6.07) is 9.40. The van der Waals surface area contributed by atoms with Crippen LogP contribution >= 0.6 is 11.6 Å². The molecule has 1 aliphatic rings. The third kappa shape index (κ3) is 4.11. The highest BCUT2D eigenvalue weighted by atomic mass is 35.5. The summed E-state index contributed by atoms with van der Waals surface area (Å²) in [5, 5.41) is 3.69. The van der Waals surface area contributed by atoms with Crippen LogP contribution in [0.5, 0.6) is 0 Å². The number of likely N-dealkylation sites (tertiary alicyclic amines) is 1. The van der Waals surface area contributed by atoms with Crippen LogP contribution in [0.1, 0.15) is 52.2 Å². The standard InChI is InChI=1S/C19H22ClN3O2/c1-13(24)14-10-17(21-11-14)19(25)22-12-18(23-8-4-5-9-23)15-6-2-3-7-16(15)20/h2-3,6-7,10-11,18,21H,4-5,8-9,12H2,1H3,(H,22,25). The van der Waals surface area contributed by atoms with E-state index >= 15 is 0 Å². The molecule has 1 unspecified atom stereocenters.